The van der Waals surface area contributed by atoms with Gasteiger partial charge in [-0.15, -0.1) is 0 Å². The topological polar surface area (TPSA) is 62.1 Å². The summed E-state index contributed by atoms with van der Waals surface area (Å²) in [4.78, 5) is 12.6. The van der Waals surface area contributed by atoms with Gasteiger partial charge in [-0.25, -0.2) is 4.39 Å². The number of benzene rings is 3. The molecule has 0 aromatic heterocycles. The van der Waals surface area contributed by atoms with Gasteiger partial charge in [0.15, 0.2) is 0 Å². The van der Waals surface area contributed by atoms with E-state index in [1.54, 1.807) is 36.4 Å². The first kappa shape index (κ1) is 21.1. The van der Waals surface area contributed by atoms with Crippen LogP contribution in [0.4, 0.5) is 10.1 Å². The zero-order valence-electron chi connectivity index (χ0n) is 16.2. The predicted octanol–water partition coefficient (Wildman–Crippen LogP) is 5.91. The van der Waals surface area contributed by atoms with E-state index >= 15 is 0 Å². The van der Waals surface area contributed by atoms with Crippen LogP contribution in [0.25, 0.3) is 6.08 Å². The molecule has 0 heterocycles. The van der Waals surface area contributed by atoms with Crippen LogP contribution in [0.5, 0.6) is 5.75 Å². The minimum atomic E-state index is -0.535. The molecule has 0 bridgehead atoms. The fourth-order valence-electron chi connectivity index (χ4n) is 2.73. The molecule has 0 aliphatic rings. The van der Waals surface area contributed by atoms with Crippen LogP contribution in [0, 0.1) is 24.1 Å². The Bertz CT molecular complexity index is 1130. The number of halogens is 2. The van der Waals surface area contributed by atoms with Crippen LogP contribution in [0.15, 0.2) is 72.3 Å². The molecule has 3 aromatic rings. The Labute approximate surface area is 179 Å². The maximum Gasteiger partial charge on any atom is 0.266 e. The van der Waals surface area contributed by atoms with Crippen LogP contribution >= 0.6 is 11.6 Å². The lowest BCUT2D eigenvalue weighted by Gasteiger charge is -2.11. The van der Waals surface area contributed by atoms with Gasteiger partial charge in [0.1, 0.15) is 29.8 Å². The second kappa shape index (κ2) is 9.73. The van der Waals surface area contributed by atoms with Crippen molar-refractivity contribution in [2.75, 3.05) is 5.32 Å². The first-order chi connectivity index (χ1) is 14.4. The van der Waals surface area contributed by atoms with Crippen LogP contribution in [0.1, 0.15) is 16.7 Å². The Morgan fingerprint density at radius 3 is 2.63 bits per heavy atom. The highest BCUT2D eigenvalue weighted by Gasteiger charge is 2.12. The van der Waals surface area contributed by atoms with Crippen molar-refractivity contribution in [3.8, 4) is 11.8 Å². The average Bonchev–Trinajstić information content (AvgIpc) is 2.72. The molecule has 0 radical (unpaired) electrons. The molecule has 3 aromatic carbocycles. The minimum Gasteiger partial charge on any atom is -0.488 e. The summed E-state index contributed by atoms with van der Waals surface area (Å²) in [5.74, 6) is -0.417. The quantitative estimate of drug-likeness (QED) is 0.398. The molecule has 1 amide bonds. The van der Waals surface area contributed by atoms with Gasteiger partial charge in [0.05, 0.1) is 0 Å². The molecule has 150 valence electrons. The van der Waals surface area contributed by atoms with Gasteiger partial charge < -0.3 is 10.1 Å². The van der Waals surface area contributed by atoms with Crippen LogP contribution in [0.3, 0.4) is 0 Å². The van der Waals surface area contributed by atoms with Crippen LogP contribution in [-0.4, -0.2) is 5.91 Å². The van der Waals surface area contributed by atoms with Crippen LogP contribution in [0.2, 0.25) is 5.02 Å². The highest BCUT2D eigenvalue weighted by atomic mass is 35.5. The maximum absolute atomic E-state index is 13.1. The Hall–Kier alpha value is -3.62. The molecule has 30 heavy (non-hydrogen) atoms. The lowest BCUT2D eigenvalue weighted by molar-refractivity contribution is -0.112. The van der Waals surface area contributed by atoms with Crippen LogP contribution < -0.4 is 10.1 Å². The molecule has 0 spiro atoms. The van der Waals surface area contributed by atoms with Crippen molar-refractivity contribution in [3.63, 3.8) is 0 Å². The third-order valence-corrected chi connectivity index (χ3v) is 4.46. The summed E-state index contributed by atoms with van der Waals surface area (Å²) in [6, 6.07) is 20.1. The second-order valence-electron chi connectivity index (χ2n) is 6.59. The molecule has 0 unspecified atom stereocenters. The summed E-state index contributed by atoms with van der Waals surface area (Å²) in [5, 5.41) is 12.6. The zero-order chi connectivity index (χ0) is 21.5. The van der Waals surface area contributed by atoms with Gasteiger partial charge in [0.25, 0.3) is 5.91 Å². The third-order valence-electron chi connectivity index (χ3n) is 4.22. The van der Waals surface area contributed by atoms with Gasteiger partial charge in [-0.2, -0.15) is 5.26 Å². The predicted molar refractivity (Wildman–Crippen MR) is 116 cm³/mol. The number of nitrogens with one attached hydrogen (secondary N) is 1. The largest absolute Gasteiger partial charge is 0.488 e. The van der Waals surface area contributed by atoms with E-state index in [0.717, 1.165) is 11.1 Å². The van der Waals surface area contributed by atoms with E-state index in [-0.39, 0.29) is 18.0 Å². The molecule has 0 saturated carbocycles. The fraction of sp³-hybridized carbons (Fsp3) is 0.0833. The minimum absolute atomic E-state index is 0.0922. The van der Waals surface area contributed by atoms with E-state index in [9.17, 15) is 14.4 Å². The summed E-state index contributed by atoms with van der Waals surface area (Å²) in [6.07, 6.45) is 1.43. The number of carbonyl (C=O) groups excluding carboxylic acids is 1. The first-order valence-corrected chi connectivity index (χ1v) is 9.49. The van der Waals surface area contributed by atoms with E-state index in [2.05, 4.69) is 5.32 Å². The molecule has 3 rings (SSSR count). The lowest BCUT2D eigenvalue weighted by Crippen LogP contribution is -2.13. The molecule has 0 aliphatic carbocycles. The van der Waals surface area contributed by atoms with E-state index in [1.165, 1.54) is 18.2 Å². The van der Waals surface area contributed by atoms with E-state index in [4.69, 9.17) is 16.3 Å². The van der Waals surface area contributed by atoms with Gasteiger partial charge in [-0.05, 0) is 66.6 Å². The molecule has 0 fully saturated rings. The van der Waals surface area contributed by atoms with Gasteiger partial charge >= 0.3 is 0 Å². The highest BCUT2D eigenvalue weighted by molar-refractivity contribution is 6.30. The van der Waals surface area contributed by atoms with Gasteiger partial charge in [-0.1, -0.05) is 35.9 Å². The van der Waals surface area contributed by atoms with Gasteiger partial charge in [0.2, 0.25) is 0 Å². The smallest absolute Gasteiger partial charge is 0.266 e. The number of rotatable bonds is 6. The van der Waals surface area contributed by atoms with Crippen molar-refractivity contribution in [2.24, 2.45) is 0 Å². The number of anilines is 1. The molecule has 1 N–H and O–H groups in total. The highest BCUT2D eigenvalue weighted by Crippen LogP contribution is 2.26. The number of nitriles is 1. The molecular formula is C24H18ClFN2O2. The van der Waals surface area contributed by atoms with E-state index in [1.807, 2.05) is 31.2 Å². The zero-order valence-corrected chi connectivity index (χ0v) is 16.9. The Morgan fingerprint density at radius 2 is 1.93 bits per heavy atom. The molecular weight excluding hydrogens is 403 g/mol. The Kier molecular flexibility index (Phi) is 6.84. The number of ether oxygens (including phenoxy) is 1. The molecule has 0 aliphatic heterocycles. The van der Waals surface area contributed by atoms with Crippen molar-refractivity contribution in [1.82, 2.24) is 0 Å². The van der Waals surface area contributed by atoms with Crippen molar-refractivity contribution in [1.29, 1.82) is 5.26 Å². The van der Waals surface area contributed by atoms with Crippen LogP contribution in [-0.2, 0) is 11.4 Å². The third kappa shape index (κ3) is 5.69. The molecule has 0 atom stereocenters. The summed E-state index contributed by atoms with van der Waals surface area (Å²) in [5.41, 5.74) is 2.76. The lowest BCUT2D eigenvalue weighted by atomic mass is 10.1. The second-order valence-corrected chi connectivity index (χ2v) is 7.03. The molecule has 0 saturated heterocycles. The van der Waals surface area contributed by atoms with E-state index < -0.39 is 5.91 Å². The summed E-state index contributed by atoms with van der Waals surface area (Å²) in [7, 11) is 0. The SMILES string of the molecule is Cc1cccc(NC(=O)/C(C#N)=C/c2cc(Cl)ccc2OCc2ccc(F)cc2)c1. The number of hydrogen-bond donors (Lipinski definition) is 1. The average molecular weight is 421 g/mol. The molecule has 4 nitrogen and oxygen atoms in total. The van der Waals surface area contributed by atoms with Crippen molar-refractivity contribution < 1.29 is 13.9 Å². The Morgan fingerprint density at radius 1 is 1.17 bits per heavy atom. The van der Waals surface area contributed by atoms with Crippen molar-refractivity contribution in [3.05, 3.63) is 99.8 Å². The molecule has 6 heteroatoms. The number of nitrogens with zero attached hydrogens (tertiary/aromatic N) is 1. The van der Waals surface area contributed by atoms with E-state index in [0.29, 0.717) is 22.0 Å². The summed E-state index contributed by atoms with van der Waals surface area (Å²) in [6.45, 7) is 2.10. The number of amides is 1. The van der Waals surface area contributed by atoms with Crippen molar-refractivity contribution in [2.45, 2.75) is 13.5 Å². The standard InChI is InChI=1S/C24H18ClFN2O2/c1-16-3-2-4-22(11-16)28-24(29)19(14-27)12-18-13-20(25)7-10-23(18)30-15-17-5-8-21(26)9-6-17/h2-13H,15H2,1H3,(H,28,29)/b19-12+. The maximum atomic E-state index is 13.1. The number of aryl methyl sites for hydroxylation is 1. The number of hydrogen-bond acceptors (Lipinski definition) is 3. The fourth-order valence-corrected chi connectivity index (χ4v) is 2.91. The Balaban J connectivity index is 1.82. The first-order valence-electron chi connectivity index (χ1n) is 9.11. The normalized spacial score (nSPS) is 10.9. The summed E-state index contributed by atoms with van der Waals surface area (Å²) < 4.78 is 18.9. The monoisotopic (exact) mass is 420 g/mol. The van der Waals surface area contributed by atoms with Gasteiger partial charge in [-0.3, -0.25) is 4.79 Å². The number of carbonyl (C=O) groups is 1. The van der Waals surface area contributed by atoms with Crippen molar-refractivity contribution >= 4 is 29.3 Å². The summed E-state index contributed by atoms with van der Waals surface area (Å²) >= 11 is 6.09. The van der Waals surface area contributed by atoms with Gasteiger partial charge in [0, 0.05) is 16.3 Å².